The van der Waals surface area contributed by atoms with E-state index in [1.165, 1.54) is 0 Å². The lowest BCUT2D eigenvalue weighted by Gasteiger charge is -2.19. The Labute approximate surface area is 163 Å². The van der Waals surface area contributed by atoms with Crippen molar-refractivity contribution in [1.82, 2.24) is 15.6 Å². The summed E-state index contributed by atoms with van der Waals surface area (Å²) in [7, 11) is 0. The third-order valence-electron chi connectivity index (χ3n) is 3.70. The van der Waals surface area contributed by atoms with Crippen LogP contribution in [0.15, 0.2) is 24.3 Å². The normalized spacial score (nSPS) is 10.9. The molecule has 8 nitrogen and oxygen atoms in total. The van der Waals surface area contributed by atoms with Crippen LogP contribution >= 0.6 is 0 Å². The molecule has 0 bridgehead atoms. The fourth-order valence-corrected chi connectivity index (χ4v) is 2.49. The van der Waals surface area contributed by atoms with Gasteiger partial charge in [-0.15, -0.1) is 0 Å². The van der Waals surface area contributed by atoms with Gasteiger partial charge in [-0.25, -0.2) is 0 Å². The van der Waals surface area contributed by atoms with Crippen LogP contribution < -0.4 is 10.6 Å². The number of nitrogens with zero attached hydrogens (tertiary/aromatic N) is 1. The number of H-pyrrole nitrogens is 1. The molecule has 2 amide bonds. The molecule has 0 unspecified atom stereocenters. The van der Waals surface area contributed by atoms with Gasteiger partial charge in [-0.1, -0.05) is 0 Å². The monoisotopic (exact) mass is 384 g/mol. The highest BCUT2D eigenvalue weighted by Crippen LogP contribution is 2.17. The van der Waals surface area contributed by atoms with E-state index in [2.05, 4.69) is 21.7 Å². The molecule has 2 rings (SSSR count). The van der Waals surface area contributed by atoms with Crippen LogP contribution in [0, 0.1) is 11.3 Å². The predicted octanol–water partition coefficient (Wildman–Crippen LogP) is 2.01. The van der Waals surface area contributed by atoms with E-state index in [-0.39, 0.29) is 43.7 Å². The van der Waals surface area contributed by atoms with Crippen LogP contribution in [-0.4, -0.2) is 41.5 Å². The van der Waals surface area contributed by atoms with Gasteiger partial charge in [0.15, 0.2) is 0 Å². The molecule has 1 aromatic carbocycles. The van der Waals surface area contributed by atoms with Crippen molar-refractivity contribution in [2.24, 2.45) is 0 Å². The number of carbonyl (C=O) groups is 3. The molecule has 2 aromatic rings. The van der Waals surface area contributed by atoms with Crippen LogP contribution in [0.5, 0.6) is 0 Å². The third kappa shape index (κ3) is 6.43. The average Bonchev–Trinajstić information content (AvgIpc) is 3.03. The number of aromatic amines is 1. The number of nitrogens with one attached hydrogen (secondary N) is 3. The Balaban J connectivity index is 1.72. The maximum atomic E-state index is 12.2. The Kier molecular flexibility index (Phi) is 6.77. The van der Waals surface area contributed by atoms with E-state index < -0.39 is 5.60 Å². The van der Waals surface area contributed by atoms with Gasteiger partial charge in [0.1, 0.15) is 11.3 Å². The average molecular weight is 384 g/mol. The Morgan fingerprint density at radius 3 is 2.50 bits per heavy atom. The van der Waals surface area contributed by atoms with Crippen molar-refractivity contribution in [1.29, 1.82) is 5.26 Å². The molecule has 1 heterocycles. The molecule has 0 aliphatic carbocycles. The van der Waals surface area contributed by atoms with Crippen LogP contribution in [0.4, 0.5) is 0 Å². The first kappa shape index (κ1) is 21.0. The van der Waals surface area contributed by atoms with Crippen molar-refractivity contribution in [3.8, 4) is 6.07 Å². The molecule has 0 spiro atoms. The molecule has 148 valence electrons. The SMILES string of the molecule is CC(C)(C)OC(=O)CCNC(=O)CCNC(=O)c1cc2cc(C#N)ccc2[nH]1. The molecule has 0 saturated heterocycles. The van der Waals surface area contributed by atoms with Gasteiger partial charge in [-0.05, 0) is 45.0 Å². The lowest BCUT2D eigenvalue weighted by Crippen LogP contribution is -2.32. The van der Waals surface area contributed by atoms with Gasteiger partial charge < -0.3 is 20.4 Å². The highest BCUT2D eigenvalue weighted by molar-refractivity contribution is 5.98. The summed E-state index contributed by atoms with van der Waals surface area (Å²) in [6.07, 6.45) is 0.188. The van der Waals surface area contributed by atoms with E-state index in [4.69, 9.17) is 10.00 Å². The Bertz CT molecular complexity index is 918. The van der Waals surface area contributed by atoms with Gasteiger partial charge in [0.2, 0.25) is 5.91 Å². The summed E-state index contributed by atoms with van der Waals surface area (Å²) in [6, 6.07) is 8.81. The summed E-state index contributed by atoms with van der Waals surface area (Å²) >= 11 is 0. The fourth-order valence-electron chi connectivity index (χ4n) is 2.49. The minimum absolute atomic E-state index is 0.0924. The van der Waals surface area contributed by atoms with E-state index in [1.54, 1.807) is 45.0 Å². The van der Waals surface area contributed by atoms with Gasteiger partial charge in [0.25, 0.3) is 5.91 Å². The minimum Gasteiger partial charge on any atom is -0.460 e. The first-order valence-electron chi connectivity index (χ1n) is 8.97. The molecule has 0 saturated carbocycles. The zero-order chi connectivity index (χ0) is 20.7. The second-order valence-electron chi connectivity index (χ2n) is 7.29. The lowest BCUT2D eigenvalue weighted by atomic mass is 10.2. The van der Waals surface area contributed by atoms with E-state index in [0.717, 1.165) is 10.9 Å². The van der Waals surface area contributed by atoms with Crippen molar-refractivity contribution in [3.05, 3.63) is 35.5 Å². The van der Waals surface area contributed by atoms with Gasteiger partial charge in [-0.3, -0.25) is 14.4 Å². The molecule has 0 fully saturated rings. The number of amides is 2. The van der Waals surface area contributed by atoms with E-state index in [0.29, 0.717) is 11.3 Å². The number of hydrogen-bond donors (Lipinski definition) is 3. The molecule has 8 heteroatoms. The maximum absolute atomic E-state index is 12.2. The van der Waals surface area contributed by atoms with Crippen molar-refractivity contribution in [2.45, 2.75) is 39.2 Å². The highest BCUT2D eigenvalue weighted by atomic mass is 16.6. The second kappa shape index (κ2) is 9.04. The number of rotatable bonds is 7. The molecule has 0 atom stereocenters. The quantitative estimate of drug-likeness (QED) is 0.630. The third-order valence-corrected chi connectivity index (χ3v) is 3.70. The zero-order valence-corrected chi connectivity index (χ0v) is 16.2. The van der Waals surface area contributed by atoms with Crippen molar-refractivity contribution in [2.75, 3.05) is 13.1 Å². The number of aromatic nitrogens is 1. The van der Waals surface area contributed by atoms with E-state index in [9.17, 15) is 14.4 Å². The molecule has 0 radical (unpaired) electrons. The van der Waals surface area contributed by atoms with Crippen molar-refractivity contribution in [3.63, 3.8) is 0 Å². The zero-order valence-electron chi connectivity index (χ0n) is 16.2. The summed E-state index contributed by atoms with van der Waals surface area (Å²) in [5.74, 6) is -0.977. The van der Waals surface area contributed by atoms with E-state index >= 15 is 0 Å². The molecule has 1 aromatic heterocycles. The Morgan fingerprint density at radius 2 is 1.82 bits per heavy atom. The number of hydrogen-bond acceptors (Lipinski definition) is 5. The number of carbonyl (C=O) groups excluding carboxylic acids is 3. The maximum Gasteiger partial charge on any atom is 0.308 e. The minimum atomic E-state index is -0.551. The second-order valence-corrected chi connectivity index (χ2v) is 7.29. The summed E-state index contributed by atoms with van der Waals surface area (Å²) < 4.78 is 5.15. The molecule has 0 aliphatic heterocycles. The number of benzene rings is 1. The fraction of sp³-hybridized carbons (Fsp3) is 0.400. The summed E-state index contributed by atoms with van der Waals surface area (Å²) in [5, 5.41) is 15.0. The van der Waals surface area contributed by atoms with E-state index in [1.807, 2.05) is 0 Å². The van der Waals surface area contributed by atoms with Crippen LogP contribution in [0.25, 0.3) is 10.9 Å². The van der Waals surface area contributed by atoms with Crippen molar-refractivity contribution >= 4 is 28.7 Å². The molecule has 0 aliphatic rings. The van der Waals surface area contributed by atoms with Crippen LogP contribution in [-0.2, 0) is 14.3 Å². The standard InChI is InChI=1S/C20H24N4O4/c1-20(2,3)28-18(26)7-9-22-17(25)6-8-23-19(27)16-11-14-10-13(12-21)4-5-15(14)24-16/h4-5,10-11,24H,6-9H2,1-3H3,(H,22,25)(H,23,27). The highest BCUT2D eigenvalue weighted by Gasteiger charge is 2.16. The van der Waals surface area contributed by atoms with Crippen LogP contribution in [0.2, 0.25) is 0 Å². The van der Waals surface area contributed by atoms with Gasteiger partial charge in [0.05, 0.1) is 18.1 Å². The molecule has 28 heavy (non-hydrogen) atoms. The Hall–Kier alpha value is -3.34. The van der Waals surface area contributed by atoms with Crippen LogP contribution in [0.3, 0.4) is 0 Å². The smallest absolute Gasteiger partial charge is 0.308 e. The van der Waals surface area contributed by atoms with Gasteiger partial charge in [0, 0.05) is 30.4 Å². The Morgan fingerprint density at radius 1 is 1.11 bits per heavy atom. The summed E-state index contributed by atoms with van der Waals surface area (Å²) in [5.41, 5.74) is 1.07. The first-order chi connectivity index (χ1) is 13.2. The van der Waals surface area contributed by atoms with Gasteiger partial charge in [-0.2, -0.15) is 5.26 Å². The number of fused-ring (bicyclic) bond motifs is 1. The summed E-state index contributed by atoms with van der Waals surface area (Å²) in [4.78, 5) is 38.5. The number of esters is 1. The number of nitriles is 1. The topological polar surface area (TPSA) is 124 Å². The van der Waals surface area contributed by atoms with Crippen molar-refractivity contribution < 1.29 is 19.1 Å². The largest absolute Gasteiger partial charge is 0.460 e. The van der Waals surface area contributed by atoms with Gasteiger partial charge >= 0.3 is 5.97 Å². The first-order valence-corrected chi connectivity index (χ1v) is 8.97. The molecule has 3 N–H and O–H groups in total. The summed E-state index contributed by atoms with van der Waals surface area (Å²) in [6.45, 7) is 5.69. The molecular formula is C20H24N4O4. The predicted molar refractivity (Wildman–Crippen MR) is 103 cm³/mol. The number of ether oxygens (including phenoxy) is 1. The molecular weight excluding hydrogens is 360 g/mol. The van der Waals surface area contributed by atoms with Crippen LogP contribution in [0.1, 0.15) is 49.7 Å². The lowest BCUT2D eigenvalue weighted by molar-refractivity contribution is -0.154.